The zero-order valence-electron chi connectivity index (χ0n) is 9.06. The van der Waals surface area contributed by atoms with Crippen LogP contribution in [0, 0.1) is 0 Å². The first kappa shape index (κ1) is 13.3. The minimum Gasteiger partial charge on any atom is -0.330 e. The largest absolute Gasteiger partial charge is 0.330 e. The van der Waals surface area contributed by atoms with Crippen molar-refractivity contribution in [1.82, 2.24) is 0 Å². The maximum Gasteiger partial charge on any atom is 0.232 e. The van der Waals surface area contributed by atoms with E-state index < -0.39 is 10.0 Å². The fraction of sp³-hybridized carbons (Fsp3) is 0.400. The number of rotatable bonds is 5. The molecule has 0 saturated heterocycles. The Balaban J connectivity index is 3.02. The van der Waals surface area contributed by atoms with Crippen LogP contribution in [0.25, 0.3) is 0 Å². The SMILES string of the molecule is CS(=O)(=O)N(CCCN)c1cccc(Cl)c1. The van der Waals surface area contributed by atoms with Crippen LogP contribution in [0.2, 0.25) is 5.02 Å². The topological polar surface area (TPSA) is 63.4 Å². The van der Waals surface area contributed by atoms with Gasteiger partial charge in [0, 0.05) is 11.6 Å². The minimum absolute atomic E-state index is 0.371. The molecular weight excluding hydrogens is 248 g/mol. The highest BCUT2D eigenvalue weighted by Gasteiger charge is 2.16. The van der Waals surface area contributed by atoms with E-state index in [2.05, 4.69) is 0 Å². The van der Waals surface area contributed by atoms with Crippen LogP contribution in [0.4, 0.5) is 5.69 Å². The molecule has 6 heteroatoms. The second kappa shape index (κ2) is 5.52. The lowest BCUT2D eigenvalue weighted by Gasteiger charge is -2.22. The van der Waals surface area contributed by atoms with Gasteiger partial charge in [0.05, 0.1) is 11.9 Å². The van der Waals surface area contributed by atoms with E-state index in [0.29, 0.717) is 30.2 Å². The Hall–Kier alpha value is -0.780. The second-order valence-corrected chi connectivity index (χ2v) is 5.80. The van der Waals surface area contributed by atoms with E-state index in [1.807, 2.05) is 0 Å². The van der Waals surface area contributed by atoms with E-state index in [4.69, 9.17) is 17.3 Å². The van der Waals surface area contributed by atoms with E-state index in [9.17, 15) is 8.42 Å². The van der Waals surface area contributed by atoms with Gasteiger partial charge in [-0.25, -0.2) is 8.42 Å². The zero-order valence-corrected chi connectivity index (χ0v) is 10.6. The maximum atomic E-state index is 11.6. The lowest BCUT2D eigenvalue weighted by Crippen LogP contribution is -2.31. The van der Waals surface area contributed by atoms with Gasteiger partial charge in [-0.3, -0.25) is 4.31 Å². The molecule has 1 aromatic carbocycles. The molecule has 0 fully saturated rings. The van der Waals surface area contributed by atoms with Crippen molar-refractivity contribution < 1.29 is 8.42 Å². The van der Waals surface area contributed by atoms with Crippen molar-refractivity contribution in [3.8, 4) is 0 Å². The van der Waals surface area contributed by atoms with Gasteiger partial charge < -0.3 is 5.73 Å². The maximum absolute atomic E-state index is 11.6. The highest BCUT2D eigenvalue weighted by molar-refractivity contribution is 7.92. The molecule has 0 atom stereocenters. The van der Waals surface area contributed by atoms with Crippen molar-refractivity contribution in [3.63, 3.8) is 0 Å². The summed E-state index contributed by atoms with van der Waals surface area (Å²) in [5.41, 5.74) is 5.95. The summed E-state index contributed by atoms with van der Waals surface area (Å²) in [7, 11) is -3.29. The van der Waals surface area contributed by atoms with Gasteiger partial charge in [-0.05, 0) is 31.2 Å². The van der Waals surface area contributed by atoms with Crippen LogP contribution in [-0.4, -0.2) is 27.8 Å². The number of sulfonamides is 1. The molecule has 0 aromatic heterocycles. The van der Waals surface area contributed by atoms with Crippen LogP contribution in [0.1, 0.15) is 6.42 Å². The van der Waals surface area contributed by atoms with Crippen LogP contribution in [0.3, 0.4) is 0 Å². The van der Waals surface area contributed by atoms with E-state index >= 15 is 0 Å². The summed E-state index contributed by atoms with van der Waals surface area (Å²) < 4.78 is 24.5. The standard InChI is InChI=1S/C10H15ClN2O2S/c1-16(14,15)13(7-3-6-12)10-5-2-4-9(11)8-10/h2,4-5,8H,3,6-7,12H2,1H3. The van der Waals surface area contributed by atoms with Crippen LogP contribution >= 0.6 is 11.6 Å². The van der Waals surface area contributed by atoms with Gasteiger partial charge >= 0.3 is 0 Å². The number of benzene rings is 1. The first-order valence-corrected chi connectivity index (χ1v) is 7.11. The molecule has 0 spiro atoms. The third-order valence-corrected chi connectivity index (χ3v) is 3.49. The Bertz CT molecular complexity index is 448. The monoisotopic (exact) mass is 262 g/mol. The quantitative estimate of drug-likeness (QED) is 0.874. The van der Waals surface area contributed by atoms with Crippen molar-refractivity contribution in [2.75, 3.05) is 23.7 Å². The van der Waals surface area contributed by atoms with Crippen LogP contribution in [0.15, 0.2) is 24.3 Å². The van der Waals surface area contributed by atoms with Crippen molar-refractivity contribution in [1.29, 1.82) is 0 Å². The lowest BCUT2D eigenvalue weighted by molar-refractivity contribution is 0.595. The fourth-order valence-corrected chi connectivity index (χ4v) is 2.49. The number of nitrogens with zero attached hydrogens (tertiary/aromatic N) is 1. The molecule has 1 rings (SSSR count). The zero-order chi connectivity index (χ0) is 12.2. The summed E-state index contributed by atoms with van der Waals surface area (Å²) in [5.74, 6) is 0. The van der Waals surface area contributed by atoms with E-state index in [-0.39, 0.29) is 0 Å². The Kier molecular flexibility index (Phi) is 4.58. The molecule has 0 amide bonds. The van der Waals surface area contributed by atoms with Crippen molar-refractivity contribution in [3.05, 3.63) is 29.3 Å². The third kappa shape index (κ3) is 3.66. The van der Waals surface area contributed by atoms with Crippen molar-refractivity contribution in [2.24, 2.45) is 5.73 Å². The predicted molar refractivity (Wildman–Crippen MR) is 67.3 cm³/mol. The Morgan fingerprint density at radius 3 is 2.62 bits per heavy atom. The fourth-order valence-electron chi connectivity index (χ4n) is 1.35. The third-order valence-electron chi connectivity index (χ3n) is 2.06. The lowest BCUT2D eigenvalue weighted by atomic mass is 10.3. The van der Waals surface area contributed by atoms with Crippen LogP contribution in [0.5, 0.6) is 0 Å². The smallest absolute Gasteiger partial charge is 0.232 e. The average molecular weight is 263 g/mol. The van der Waals surface area contributed by atoms with Gasteiger partial charge in [-0.2, -0.15) is 0 Å². The number of nitrogens with two attached hydrogens (primary N) is 1. The molecule has 0 aliphatic rings. The first-order valence-electron chi connectivity index (χ1n) is 4.88. The molecule has 0 heterocycles. The van der Waals surface area contributed by atoms with Gasteiger partial charge in [0.25, 0.3) is 0 Å². The summed E-state index contributed by atoms with van der Waals surface area (Å²) in [6.45, 7) is 0.822. The summed E-state index contributed by atoms with van der Waals surface area (Å²) in [6, 6.07) is 6.76. The predicted octanol–water partition coefficient (Wildman–Crippen LogP) is 1.45. The summed E-state index contributed by atoms with van der Waals surface area (Å²) in [6.07, 6.45) is 1.78. The Labute approximate surface area is 101 Å². The summed E-state index contributed by atoms with van der Waals surface area (Å²) in [4.78, 5) is 0. The van der Waals surface area contributed by atoms with E-state index in [1.54, 1.807) is 24.3 Å². The average Bonchev–Trinajstić information content (AvgIpc) is 2.16. The van der Waals surface area contributed by atoms with E-state index in [0.717, 1.165) is 0 Å². The van der Waals surface area contributed by atoms with Gasteiger partial charge in [-0.1, -0.05) is 17.7 Å². The molecule has 2 N–H and O–H groups in total. The van der Waals surface area contributed by atoms with Crippen LogP contribution in [-0.2, 0) is 10.0 Å². The number of hydrogen-bond donors (Lipinski definition) is 1. The molecule has 0 saturated carbocycles. The summed E-state index contributed by atoms with van der Waals surface area (Å²) in [5, 5.41) is 0.513. The molecule has 1 aromatic rings. The molecule has 0 aliphatic heterocycles. The van der Waals surface area contributed by atoms with Gasteiger partial charge in [0.1, 0.15) is 0 Å². The number of hydrogen-bond acceptors (Lipinski definition) is 3. The highest BCUT2D eigenvalue weighted by Crippen LogP contribution is 2.21. The molecule has 0 radical (unpaired) electrons. The normalized spacial score (nSPS) is 11.4. The molecule has 0 aliphatic carbocycles. The molecule has 0 unspecified atom stereocenters. The highest BCUT2D eigenvalue weighted by atomic mass is 35.5. The van der Waals surface area contributed by atoms with Crippen LogP contribution < -0.4 is 10.0 Å². The van der Waals surface area contributed by atoms with E-state index in [1.165, 1.54) is 10.6 Å². The molecule has 16 heavy (non-hydrogen) atoms. The molecule has 4 nitrogen and oxygen atoms in total. The Morgan fingerprint density at radius 2 is 2.12 bits per heavy atom. The minimum atomic E-state index is -3.29. The number of anilines is 1. The van der Waals surface area contributed by atoms with Crippen molar-refractivity contribution in [2.45, 2.75) is 6.42 Å². The first-order chi connectivity index (χ1) is 7.45. The second-order valence-electron chi connectivity index (χ2n) is 3.46. The Morgan fingerprint density at radius 1 is 1.44 bits per heavy atom. The summed E-state index contributed by atoms with van der Waals surface area (Å²) >= 11 is 5.83. The molecule has 0 bridgehead atoms. The van der Waals surface area contributed by atoms with Crippen molar-refractivity contribution >= 4 is 27.3 Å². The van der Waals surface area contributed by atoms with Gasteiger partial charge in [0.2, 0.25) is 10.0 Å². The molecular formula is C10H15ClN2O2S. The van der Waals surface area contributed by atoms with Gasteiger partial charge in [0.15, 0.2) is 0 Å². The number of halogens is 1. The van der Waals surface area contributed by atoms with Gasteiger partial charge in [-0.15, -0.1) is 0 Å². The molecule has 90 valence electrons.